The largest absolute Gasteiger partial charge is 0.502 e. The second-order valence-electron chi connectivity index (χ2n) is 3.51. The number of carbonyl (C=O) groups is 1. The fraction of sp³-hybridized carbons (Fsp3) is 0.300. The third-order valence-electron chi connectivity index (χ3n) is 2.29. The van der Waals surface area contributed by atoms with Crippen LogP contribution in [0.1, 0.15) is 18.0 Å². The zero-order chi connectivity index (χ0) is 13.9. The molecule has 0 spiro atoms. The molecule has 0 amide bonds. The Morgan fingerprint density at radius 1 is 1.63 bits per heavy atom. The molecule has 1 aromatic carbocycles. The van der Waals surface area contributed by atoms with Gasteiger partial charge in [-0.15, -0.1) is 12.4 Å². The Bertz CT molecular complexity index is 497. The van der Waals surface area contributed by atoms with E-state index in [9.17, 15) is 20.0 Å². The number of carbonyl (C=O) groups excluding carboxylic acids is 1. The van der Waals surface area contributed by atoms with Gasteiger partial charge in [0.15, 0.2) is 5.75 Å². The van der Waals surface area contributed by atoms with E-state index in [0.29, 0.717) is 4.47 Å². The Morgan fingerprint density at radius 2 is 2.21 bits per heavy atom. The van der Waals surface area contributed by atoms with E-state index in [1.165, 1.54) is 13.2 Å². The third-order valence-corrected chi connectivity index (χ3v) is 2.75. The van der Waals surface area contributed by atoms with E-state index in [4.69, 9.17) is 5.73 Å². The number of nitro benzene ring substituents is 1. The highest BCUT2D eigenvalue weighted by Crippen LogP contribution is 2.36. The number of benzene rings is 1. The summed E-state index contributed by atoms with van der Waals surface area (Å²) in [5, 5.41) is 20.5. The molecular weight excluding hydrogens is 343 g/mol. The minimum absolute atomic E-state index is 0. The van der Waals surface area contributed by atoms with E-state index in [1.54, 1.807) is 0 Å². The summed E-state index contributed by atoms with van der Waals surface area (Å²) in [4.78, 5) is 21.1. The van der Waals surface area contributed by atoms with Crippen molar-refractivity contribution in [3.8, 4) is 5.75 Å². The van der Waals surface area contributed by atoms with Crippen molar-refractivity contribution >= 4 is 40.0 Å². The minimum Gasteiger partial charge on any atom is -0.502 e. The first-order valence-electron chi connectivity index (χ1n) is 4.86. The average molecular weight is 356 g/mol. The van der Waals surface area contributed by atoms with Crippen molar-refractivity contribution in [2.75, 3.05) is 7.11 Å². The van der Waals surface area contributed by atoms with E-state index in [-0.39, 0.29) is 24.4 Å². The first-order chi connectivity index (χ1) is 8.36. The van der Waals surface area contributed by atoms with Crippen LogP contribution in [-0.4, -0.2) is 23.1 Å². The molecule has 0 heterocycles. The second kappa shape index (κ2) is 7.27. The topological polar surface area (TPSA) is 116 Å². The summed E-state index contributed by atoms with van der Waals surface area (Å²) in [6.07, 6.45) is -0.183. The van der Waals surface area contributed by atoms with Crippen LogP contribution in [0.4, 0.5) is 5.69 Å². The summed E-state index contributed by atoms with van der Waals surface area (Å²) >= 11 is 3.08. The molecule has 0 aliphatic heterocycles. The number of ether oxygens (including phenoxy) is 1. The second-order valence-corrected chi connectivity index (χ2v) is 4.42. The maximum atomic E-state index is 11.1. The number of nitro groups is 1. The lowest BCUT2D eigenvalue weighted by Gasteiger charge is -2.12. The van der Waals surface area contributed by atoms with Crippen molar-refractivity contribution in [1.29, 1.82) is 0 Å². The zero-order valence-electron chi connectivity index (χ0n) is 9.83. The molecule has 1 rings (SSSR count). The van der Waals surface area contributed by atoms with Gasteiger partial charge in [-0.05, 0) is 6.07 Å². The number of rotatable bonds is 4. The molecule has 19 heavy (non-hydrogen) atoms. The van der Waals surface area contributed by atoms with Crippen LogP contribution in [0.25, 0.3) is 0 Å². The predicted molar refractivity (Wildman–Crippen MR) is 73.3 cm³/mol. The number of hydrogen-bond donors (Lipinski definition) is 2. The smallest absolute Gasteiger partial charge is 0.312 e. The molecule has 0 aromatic heterocycles. The van der Waals surface area contributed by atoms with Crippen molar-refractivity contribution in [2.45, 2.75) is 12.5 Å². The molecule has 0 saturated heterocycles. The van der Waals surface area contributed by atoms with Gasteiger partial charge in [-0.25, -0.2) is 0 Å². The van der Waals surface area contributed by atoms with Crippen LogP contribution >= 0.6 is 28.3 Å². The summed E-state index contributed by atoms with van der Waals surface area (Å²) in [5.74, 6) is -1.11. The number of aromatic hydroxyl groups is 1. The van der Waals surface area contributed by atoms with Gasteiger partial charge in [0.05, 0.1) is 18.5 Å². The molecule has 9 heteroatoms. The number of nitrogens with zero attached hydrogens (tertiary/aromatic N) is 1. The number of phenolic OH excluding ortho intramolecular Hbond substituents is 1. The van der Waals surface area contributed by atoms with Gasteiger partial charge in [-0.3, -0.25) is 14.9 Å². The maximum absolute atomic E-state index is 11.1. The summed E-state index contributed by atoms with van der Waals surface area (Å²) in [6, 6.07) is 1.70. The van der Waals surface area contributed by atoms with E-state index in [1.807, 2.05) is 0 Å². The fourth-order valence-corrected chi connectivity index (χ4v) is 1.86. The van der Waals surface area contributed by atoms with Crippen LogP contribution in [0.15, 0.2) is 16.6 Å². The first-order valence-corrected chi connectivity index (χ1v) is 5.65. The highest BCUT2D eigenvalue weighted by molar-refractivity contribution is 9.10. The molecule has 0 bridgehead atoms. The Balaban J connectivity index is 0.00000324. The van der Waals surface area contributed by atoms with Gasteiger partial charge in [0.25, 0.3) is 0 Å². The molecule has 0 aliphatic carbocycles. The predicted octanol–water partition coefficient (Wildman–Crippen LogP) is 2.05. The van der Waals surface area contributed by atoms with Gasteiger partial charge in [-0.1, -0.05) is 15.9 Å². The van der Waals surface area contributed by atoms with Gasteiger partial charge in [0.1, 0.15) is 0 Å². The van der Waals surface area contributed by atoms with Crippen LogP contribution in [0.5, 0.6) is 5.75 Å². The number of phenols is 1. The molecule has 0 fully saturated rings. The molecule has 106 valence electrons. The number of hydrogen-bond acceptors (Lipinski definition) is 6. The van der Waals surface area contributed by atoms with Crippen molar-refractivity contribution in [3.05, 3.63) is 32.3 Å². The highest BCUT2D eigenvalue weighted by Gasteiger charge is 2.23. The van der Waals surface area contributed by atoms with Crippen LogP contribution in [0, 0.1) is 10.1 Å². The third kappa shape index (κ3) is 4.34. The van der Waals surface area contributed by atoms with E-state index in [2.05, 4.69) is 20.7 Å². The molecule has 0 radical (unpaired) electrons. The van der Waals surface area contributed by atoms with Crippen LogP contribution in [0.3, 0.4) is 0 Å². The maximum Gasteiger partial charge on any atom is 0.312 e. The molecule has 0 saturated carbocycles. The minimum atomic E-state index is -0.881. The molecule has 1 aromatic rings. The Kier molecular flexibility index (Phi) is 6.74. The van der Waals surface area contributed by atoms with Crippen LogP contribution in [-0.2, 0) is 9.53 Å². The standard InChI is InChI=1S/C10H11BrN2O5.ClH/c1-18-9(14)4-7(12)6-2-5(11)3-8(10(6)15)13(16)17;/h2-3,7,15H,4,12H2,1H3;1H/t7-;/m1./s1. The normalized spacial score (nSPS) is 11.3. The van der Waals surface area contributed by atoms with E-state index in [0.717, 1.165) is 6.07 Å². The Morgan fingerprint density at radius 3 is 2.68 bits per heavy atom. The average Bonchev–Trinajstić information content (AvgIpc) is 2.30. The van der Waals surface area contributed by atoms with Gasteiger partial charge in [0, 0.05) is 22.1 Å². The molecule has 1 atom stereocenters. The summed E-state index contributed by atoms with van der Waals surface area (Å²) in [7, 11) is 1.21. The van der Waals surface area contributed by atoms with Crippen LogP contribution in [0.2, 0.25) is 0 Å². The highest BCUT2D eigenvalue weighted by atomic mass is 79.9. The number of esters is 1. The molecular formula is C10H12BrClN2O5. The van der Waals surface area contributed by atoms with Crippen molar-refractivity contribution in [2.24, 2.45) is 5.73 Å². The van der Waals surface area contributed by atoms with Crippen molar-refractivity contribution in [3.63, 3.8) is 0 Å². The van der Waals surface area contributed by atoms with Gasteiger partial charge < -0.3 is 15.6 Å². The molecule has 7 nitrogen and oxygen atoms in total. The monoisotopic (exact) mass is 354 g/mol. The lowest BCUT2D eigenvalue weighted by Crippen LogP contribution is -2.16. The van der Waals surface area contributed by atoms with Gasteiger partial charge in [-0.2, -0.15) is 0 Å². The number of nitrogens with two attached hydrogens (primary N) is 1. The van der Waals surface area contributed by atoms with Crippen molar-refractivity contribution < 1.29 is 19.6 Å². The summed E-state index contributed by atoms with van der Waals surface area (Å²) in [5.41, 5.74) is 5.35. The SMILES string of the molecule is COC(=O)C[C@@H](N)c1cc(Br)cc([N+](=O)[O-])c1O.Cl. The molecule has 0 aliphatic rings. The van der Waals surface area contributed by atoms with Gasteiger partial charge in [0.2, 0.25) is 0 Å². The molecule has 0 unspecified atom stereocenters. The summed E-state index contributed by atoms with van der Waals surface area (Å²) < 4.78 is 4.84. The lowest BCUT2D eigenvalue weighted by molar-refractivity contribution is -0.386. The Hall–Kier alpha value is -1.38. The number of methoxy groups -OCH3 is 1. The van der Waals surface area contributed by atoms with E-state index >= 15 is 0 Å². The first kappa shape index (κ1) is 17.6. The van der Waals surface area contributed by atoms with Crippen LogP contribution < -0.4 is 5.73 Å². The van der Waals surface area contributed by atoms with Crippen molar-refractivity contribution in [1.82, 2.24) is 0 Å². The zero-order valence-corrected chi connectivity index (χ0v) is 12.2. The lowest BCUT2D eigenvalue weighted by atomic mass is 10.0. The quantitative estimate of drug-likeness (QED) is 0.485. The van der Waals surface area contributed by atoms with Gasteiger partial charge >= 0.3 is 11.7 Å². The molecule has 3 N–H and O–H groups in total. The Labute approximate surface area is 123 Å². The summed E-state index contributed by atoms with van der Waals surface area (Å²) in [6.45, 7) is 0. The number of halogens is 2. The van der Waals surface area contributed by atoms with E-state index < -0.39 is 28.4 Å². The fourth-order valence-electron chi connectivity index (χ4n) is 1.40.